The fourth-order valence-corrected chi connectivity index (χ4v) is 4.13. The Bertz CT molecular complexity index is 1250. The van der Waals surface area contributed by atoms with E-state index in [1.54, 1.807) is 24.3 Å². The summed E-state index contributed by atoms with van der Waals surface area (Å²) in [5.74, 6) is 0. The van der Waals surface area contributed by atoms with Gasteiger partial charge in [-0.25, -0.2) is 0 Å². The van der Waals surface area contributed by atoms with Crippen LogP contribution in [0.3, 0.4) is 0 Å². The molecule has 1 aliphatic rings. The quantitative estimate of drug-likeness (QED) is 0.258. The fourth-order valence-electron chi connectivity index (χ4n) is 3.17. The summed E-state index contributed by atoms with van der Waals surface area (Å²) in [6.07, 6.45) is 2.75. The molecular formula is C27H36N2O7S2. The average Bonchev–Trinajstić information content (AvgIpc) is 3.68. The number of aryl methyl sites for hydroxylation is 2. The predicted molar refractivity (Wildman–Crippen MR) is 147 cm³/mol. The lowest BCUT2D eigenvalue weighted by atomic mass is 10.0. The van der Waals surface area contributed by atoms with Gasteiger partial charge >= 0.3 is 0 Å². The van der Waals surface area contributed by atoms with Crippen LogP contribution in [0, 0.1) is 13.8 Å². The number of nitrogens with two attached hydrogens (primary N) is 1. The van der Waals surface area contributed by atoms with Crippen LogP contribution in [0.1, 0.15) is 29.5 Å². The second-order valence-electron chi connectivity index (χ2n) is 9.18. The number of nitrogens with one attached hydrogen (secondary N) is 1. The number of hydrogen-bond donors (Lipinski definition) is 5. The lowest BCUT2D eigenvalue weighted by Gasteiger charge is -2.19. The largest absolute Gasteiger partial charge is 0.390 e. The number of rotatable bonds is 8. The summed E-state index contributed by atoms with van der Waals surface area (Å²) in [5, 5.41) is 13.2. The number of aliphatic hydroxyl groups is 1. The summed E-state index contributed by atoms with van der Waals surface area (Å²) in [7, 11) is -8.04. The molecule has 0 spiro atoms. The van der Waals surface area contributed by atoms with Gasteiger partial charge in [-0.3, -0.25) is 9.11 Å². The van der Waals surface area contributed by atoms with Gasteiger partial charge in [-0.1, -0.05) is 65.7 Å². The van der Waals surface area contributed by atoms with Gasteiger partial charge in [0.25, 0.3) is 20.2 Å². The van der Waals surface area contributed by atoms with E-state index in [9.17, 15) is 21.9 Å². The minimum atomic E-state index is -4.02. The molecule has 6 N–H and O–H groups in total. The first-order valence-corrected chi connectivity index (χ1v) is 14.9. The molecule has 208 valence electrons. The topological polar surface area (TPSA) is 167 Å². The molecule has 0 aliphatic heterocycles. The molecule has 2 atom stereocenters. The van der Waals surface area contributed by atoms with Gasteiger partial charge in [-0.15, -0.1) is 0 Å². The molecular weight excluding hydrogens is 528 g/mol. The minimum absolute atomic E-state index is 0.0666. The Morgan fingerprint density at radius 3 is 1.58 bits per heavy atom. The van der Waals surface area contributed by atoms with E-state index < -0.39 is 26.3 Å². The van der Waals surface area contributed by atoms with Crippen molar-refractivity contribution >= 4 is 20.2 Å². The Morgan fingerprint density at radius 1 is 0.789 bits per heavy atom. The zero-order valence-electron chi connectivity index (χ0n) is 21.4. The van der Waals surface area contributed by atoms with Gasteiger partial charge in [0.05, 0.1) is 15.9 Å². The van der Waals surface area contributed by atoms with Crippen molar-refractivity contribution in [2.24, 2.45) is 5.73 Å². The van der Waals surface area contributed by atoms with Crippen molar-refractivity contribution in [2.45, 2.75) is 61.1 Å². The van der Waals surface area contributed by atoms with Crippen molar-refractivity contribution in [1.82, 2.24) is 5.32 Å². The van der Waals surface area contributed by atoms with Crippen LogP contribution in [-0.2, 0) is 26.7 Å². The monoisotopic (exact) mass is 564 g/mol. The average molecular weight is 565 g/mol. The van der Waals surface area contributed by atoms with Crippen LogP contribution in [0.2, 0.25) is 0 Å². The molecule has 11 heteroatoms. The van der Waals surface area contributed by atoms with Gasteiger partial charge in [-0.2, -0.15) is 16.8 Å². The van der Waals surface area contributed by atoms with E-state index in [-0.39, 0.29) is 15.8 Å². The number of aliphatic hydroxyl groups excluding tert-OH is 1. The summed E-state index contributed by atoms with van der Waals surface area (Å²) in [6, 6.07) is 22.5. The normalized spacial score (nSPS) is 14.8. The first-order chi connectivity index (χ1) is 17.8. The first kappa shape index (κ1) is 31.6. The molecule has 1 fully saturated rings. The predicted octanol–water partition coefficient (Wildman–Crippen LogP) is 3.15. The Kier molecular flexibility index (Phi) is 12.0. The van der Waals surface area contributed by atoms with Crippen molar-refractivity contribution < 1.29 is 31.0 Å². The Hall–Kier alpha value is -2.64. The van der Waals surface area contributed by atoms with Crippen LogP contribution < -0.4 is 11.1 Å². The lowest BCUT2D eigenvalue weighted by molar-refractivity contribution is 0.141. The van der Waals surface area contributed by atoms with E-state index in [0.29, 0.717) is 12.6 Å². The molecule has 0 heterocycles. The van der Waals surface area contributed by atoms with Gasteiger partial charge in [-0.05, 0) is 62.9 Å². The Morgan fingerprint density at radius 2 is 1.21 bits per heavy atom. The highest BCUT2D eigenvalue weighted by molar-refractivity contribution is 7.86. The zero-order chi connectivity index (χ0) is 28.3. The summed E-state index contributed by atoms with van der Waals surface area (Å²) in [4.78, 5) is -0.133. The van der Waals surface area contributed by atoms with Crippen LogP contribution in [0.15, 0.2) is 88.7 Å². The zero-order valence-corrected chi connectivity index (χ0v) is 23.1. The van der Waals surface area contributed by atoms with Gasteiger partial charge in [0.1, 0.15) is 0 Å². The molecule has 0 amide bonds. The van der Waals surface area contributed by atoms with Gasteiger partial charge in [0, 0.05) is 18.6 Å². The van der Waals surface area contributed by atoms with Gasteiger partial charge in [0.2, 0.25) is 0 Å². The van der Waals surface area contributed by atoms with E-state index in [2.05, 4.69) is 5.32 Å². The first-order valence-electron chi connectivity index (χ1n) is 12.0. The molecule has 9 nitrogen and oxygen atoms in total. The maximum Gasteiger partial charge on any atom is 0.294 e. The third kappa shape index (κ3) is 12.3. The maximum atomic E-state index is 10.5. The molecule has 4 rings (SSSR count). The third-order valence-corrected chi connectivity index (χ3v) is 7.37. The molecule has 0 saturated heterocycles. The molecule has 38 heavy (non-hydrogen) atoms. The molecule has 0 radical (unpaired) electrons. The summed E-state index contributed by atoms with van der Waals surface area (Å²) in [5.41, 5.74) is 9.06. The maximum absolute atomic E-state index is 10.5. The van der Waals surface area contributed by atoms with Crippen molar-refractivity contribution in [3.8, 4) is 0 Å². The number of hydrogen-bond acceptors (Lipinski definition) is 7. The molecule has 0 aromatic heterocycles. The van der Waals surface area contributed by atoms with Crippen LogP contribution in [0.25, 0.3) is 0 Å². The van der Waals surface area contributed by atoms with Crippen LogP contribution >= 0.6 is 0 Å². The molecule has 3 aromatic carbocycles. The molecule has 1 saturated carbocycles. The van der Waals surface area contributed by atoms with E-state index in [1.165, 1.54) is 42.7 Å². The second kappa shape index (κ2) is 14.5. The summed E-state index contributed by atoms with van der Waals surface area (Å²) in [6.45, 7) is 4.29. The highest BCUT2D eigenvalue weighted by Gasteiger charge is 2.23. The second-order valence-corrected chi connectivity index (χ2v) is 12.0. The smallest absolute Gasteiger partial charge is 0.294 e. The SMILES string of the molecule is Cc1ccc(S(=O)(=O)O)cc1.Cc1ccc(S(=O)(=O)O)cc1.N[C@@H](Cc1ccccc1)[C@H](O)CNC1CC1. The standard InChI is InChI=1S/C13H20N2O.2C7H8O3S/c14-12(8-10-4-2-1-3-5-10)13(16)9-15-11-6-7-11;2*1-6-2-4-7(5-3-6)11(8,9)10/h1-5,11-13,15-16H,6-9,14H2;2*2-5H,1H3,(H,8,9,10)/t12-,13+;;/m0../s1. The summed E-state index contributed by atoms with van der Waals surface area (Å²) < 4.78 is 59.1. The van der Waals surface area contributed by atoms with Gasteiger partial charge < -0.3 is 16.2 Å². The van der Waals surface area contributed by atoms with Crippen molar-refractivity contribution in [3.05, 3.63) is 95.6 Å². The van der Waals surface area contributed by atoms with E-state index in [1.807, 2.05) is 44.2 Å². The Labute approximate surface area is 225 Å². The fraction of sp³-hybridized carbons (Fsp3) is 0.333. The van der Waals surface area contributed by atoms with Crippen molar-refractivity contribution in [2.75, 3.05) is 6.54 Å². The Balaban J connectivity index is 0.000000206. The molecule has 0 bridgehead atoms. The highest BCUT2D eigenvalue weighted by Crippen LogP contribution is 2.18. The van der Waals surface area contributed by atoms with Crippen molar-refractivity contribution in [1.29, 1.82) is 0 Å². The van der Waals surface area contributed by atoms with Crippen LogP contribution in [-0.4, -0.2) is 55.8 Å². The molecule has 1 aliphatic carbocycles. The number of benzene rings is 3. The summed E-state index contributed by atoms with van der Waals surface area (Å²) >= 11 is 0. The van der Waals surface area contributed by atoms with Crippen LogP contribution in [0.4, 0.5) is 0 Å². The molecule has 0 unspecified atom stereocenters. The third-order valence-electron chi connectivity index (χ3n) is 5.64. The van der Waals surface area contributed by atoms with E-state index >= 15 is 0 Å². The highest BCUT2D eigenvalue weighted by atomic mass is 32.2. The lowest BCUT2D eigenvalue weighted by Crippen LogP contribution is -2.43. The van der Waals surface area contributed by atoms with E-state index in [4.69, 9.17) is 14.8 Å². The van der Waals surface area contributed by atoms with E-state index in [0.717, 1.165) is 17.5 Å². The van der Waals surface area contributed by atoms with Crippen molar-refractivity contribution in [3.63, 3.8) is 0 Å². The minimum Gasteiger partial charge on any atom is -0.390 e. The molecule has 3 aromatic rings. The van der Waals surface area contributed by atoms with Gasteiger partial charge in [0.15, 0.2) is 0 Å². The van der Waals surface area contributed by atoms with Crippen LogP contribution in [0.5, 0.6) is 0 Å².